The SMILES string of the molecule is COc1ccc(Cn2c(=O)c3c(C)nccc3c3cc(Cl)c(OCC(CC(C)C)NC(=O)OC(C)(C)C)c(F)c32)cc1. The Morgan fingerprint density at radius 3 is 2.45 bits per heavy atom. The Bertz CT molecular complexity index is 1660. The second-order valence-corrected chi connectivity index (χ2v) is 12.1. The number of aryl methyl sites for hydroxylation is 1. The average Bonchev–Trinajstić information content (AvgIpc) is 2.89. The van der Waals surface area contributed by atoms with E-state index in [9.17, 15) is 9.59 Å². The van der Waals surface area contributed by atoms with Gasteiger partial charge in [0, 0.05) is 17.0 Å². The Morgan fingerprint density at radius 1 is 1.14 bits per heavy atom. The number of fused-ring (bicyclic) bond motifs is 3. The summed E-state index contributed by atoms with van der Waals surface area (Å²) in [7, 11) is 1.57. The zero-order valence-electron chi connectivity index (χ0n) is 25.0. The predicted octanol–water partition coefficient (Wildman–Crippen LogP) is 7.03. The number of methoxy groups -OCH3 is 1. The lowest BCUT2D eigenvalue weighted by Gasteiger charge is -2.25. The molecule has 4 aromatic rings. The first-order chi connectivity index (χ1) is 19.8. The van der Waals surface area contributed by atoms with Crippen LogP contribution in [0.25, 0.3) is 21.7 Å². The summed E-state index contributed by atoms with van der Waals surface area (Å²) in [6.45, 7) is 11.1. The van der Waals surface area contributed by atoms with Gasteiger partial charge in [0.05, 0.1) is 41.3 Å². The minimum Gasteiger partial charge on any atom is -0.497 e. The number of nitrogens with one attached hydrogen (secondary N) is 1. The molecule has 1 unspecified atom stereocenters. The Balaban J connectivity index is 1.80. The number of pyridine rings is 2. The minimum absolute atomic E-state index is 0.0472. The maximum absolute atomic E-state index is 16.5. The highest BCUT2D eigenvalue weighted by Gasteiger charge is 2.25. The molecule has 0 aliphatic heterocycles. The lowest BCUT2D eigenvalue weighted by molar-refractivity contribution is 0.0479. The molecule has 2 aromatic carbocycles. The van der Waals surface area contributed by atoms with E-state index < -0.39 is 23.6 Å². The van der Waals surface area contributed by atoms with Gasteiger partial charge in [-0.15, -0.1) is 0 Å². The van der Waals surface area contributed by atoms with Crippen molar-refractivity contribution in [3.05, 3.63) is 75.0 Å². The van der Waals surface area contributed by atoms with Gasteiger partial charge in [-0.25, -0.2) is 9.18 Å². The number of amides is 1. The van der Waals surface area contributed by atoms with Crippen LogP contribution in [-0.4, -0.2) is 41.0 Å². The van der Waals surface area contributed by atoms with Crippen LogP contribution in [0, 0.1) is 18.7 Å². The second-order valence-electron chi connectivity index (χ2n) is 11.7. The second kappa shape index (κ2) is 12.6. The number of benzene rings is 2. The predicted molar refractivity (Wildman–Crippen MR) is 163 cm³/mol. The van der Waals surface area contributed by atoms with Gasteiger partial charge in [0.1, 0.15) is 18.0 Å². The number of hydrogen-bond acceptors (Lipinski definition) is 6. The number of rotatable bonds is 9. The van der Waals surface area contributed by atoms with Gasteiger partial charge in [-0.1, -0.05) is 37.6 Å². The number of nitrogens with zero attached hydrogens (tertiary/aromatic N) is 2. The molecule has 0 aliphatic carbocycles. The van der Waals surface area contributed by atoms with Crippen LogP contribution in [0.15, 0.2) is 47.4 Å². The van der Waals surface area contributed by atoms with Crippen molar-refractivity contribution < 1.29 is 23.4 Å². The van der Waals surface area contributed by atoms with Crippen LogP contribution in [-0.2, 0) is 11.3 Å². The van der Waals surface area contributed by atoms with E-state index in [1.54, 1.807) is 65.3 Å². The molecule has 0 aliphatic rings. The molecule has 42 heavy (non-hydrogen) atoms. The molecular weight excluding hydrogens is 561 g/mol. The smallest absolute Gasteiger partial charge is 0.407 e. The highest BCUT2D eigenvalue weighted by atomic mass is 35.5. The van der Waals surface area contributed by atoms with Crippen LogP contribution in [0.4, 0.5) is 9.18 Å². The van der Waals surface area contributed by atoms with Crippen LogP contribution >= 0.6 is 11.6 Å². The van der Waals surface area contributed by atoms with Gasteiger partial charge in [0.25, 0.3) is 5.56 Å². The largest absolute Gasteiger partial charge is 0.497 e. The van der Waals surface area contributed by atoms with Gasteiger partial charge < -0.3 is 24.1 Å². The molecule has 1 amide bonds. The number of halogens is 2. The Morgan fingerprint density at radius 2 is 1.83 bits per heavy atom. The quantitative estimate of drug-likeness (QED) is 0.208. The fourth-order valence-electron chi connectivity index (χ4n) is 4.95. The molecule has 224 valence electrons. The molecule has 8 nitrogen and oxygen atoms in total. The molecule has 4 rings (SSSR count). The number of alkyl carbamates (subject to hydrolysis) is 1. The average molecular weight is 598 g/mol. The standard InChI is InChI=1S/C32H37ClFN3O5/c1-18(2)14-21(36-31(39)42-32(4,5)6)17-41-29-25(33)15-24-23-12-13-35-19(3)26(23)30(38)37(28(24)27(29)34)16-20-8-10-22(40-7)11-9-20/h8-13,15,18,21H,14,16-17H2,1-7H3,(H,36,39). The minimum atomic E-state index is -0.764. The number of ether oxygens (including phenoxy) is 3. The van der Waals surface area contributed by atoms with Gasteiger partial charge in [0.15, 0.2) is 11.6 Å². The normalized spacial score (nSPS) is 12.5. The first-order valence-electron chi connectivity index (χ1n) is 13.8. The van der Waals surface area contributed by atoms with Crippen molar-refractivity contribution in [2.45, 2.75) is 66.2 Å². The summed E-state index contributed by atoms with van der Waals surface area (Å²) in [4.78, 5) is 30.6. The molecule has 0 saturated heterocycles. The van der Waals surface area contributed by atoms with E-state index in [0.717, 1.165) is 5.56 Å². The van der Waals surface area contributed by atoms with Crippen molar-refractivity contribution in [2.75, 3.05) is 13.7 Å². The Hall–Kier alpha value is -3.85. The molecule has 0 fully saturated rings. The lowest BCUT2D eigenvalue weighted by Crippen LogP contribution is -2.42. The molecular formula is C32H37ClFN3O5. The highest BCUT2D eigenvalue weighted by molar-refractivity contribution is 6.33. The van der Waals surface area contributed by atoms with Crippen molar-refractivity contribution in [2.24, 2.45) is 5.92 Å². The van der Waals surface area contributed by atoms with Crippen molar-refractivity contribution in [1.29, 1.82) is 0 Å². The first kappa shape index (κ1) is 31.1. The molecule has 0 bridgehead atoms. The van der Waals surface area contributed by atoms with Crippen molar-refractivity contribution >= 4 is 39.4 Å². The molecule has 10 heteroatoms. The molecule has 1 atom stereocenters. The van der Waals surface area contributed by atoms with Crippen LogP contribution in [0.2, 0.25) is 5.02 Å². The van der Waals surface area contributed by atoms with Crippen molar-refractivity contribution in [1.82, 2.24) is 14.9 Å². The summed E-state index contributed by atoms with van der Waals surface area (Å²) >= 11 is 6.62. The third-order valence-corrected chi connectivity index (χ3v) is 7.00. The van der Waals surface area contributed by atoms with Crippen molar-refractivity contribution in [3.8, 4) is 11.5 Å². The number of carbonyl (C=O) groups is 1. The van der Waals surface area contributed by atoms with E-state index in [-0.39, 0.29) is 40.9 Å². The Labute approximate surface area is 249 Å². The molecule has 2 aromatic heterocycles. The summed E-state index contributed by atoms with van der Waals surface area (Å²) in [5.41, 5.74) is 0.315. The van der Waals surface area contributed by atoms with E-state index in [1.165, 1.54) is 4.57 Å². The van der Waals surface area contributed by atoms with E-state index >= 15 is 4.39 Å². The third kappa shape index (κ3) is 6.95. The van der Waals surface area contributed by atoms with Crippen LogP contribution in [0.1, 0.15) is 52.3 Å². The summed E-state index contributed by atoms with van der Waals surface area (Å²) < 4.78 is 34.5. The molecule has 1 N–H and O–H groups in total. The molecule has 2 heterocycles. The lowest BCUT2D eigenvalue weighted by atomic mass is 10.0. The summed E-state index contributed by atoms with van der Waals surface area (Å²) in [5.74, 6) is -0.0839. The number of carbonyl (C=O) groups excluding carboxylic acids is 1. The summed E-state index contributed by atoms with van der Waals surface area (Å²) in [6, 6.07) is 10.0. The monoisotopic (exact) mass is 597 g/mol. The molecule has 0 spiro atoms. The Kier molecular flexibility index (Phi) is 9.30. The van der Waals surface area contributed by atoms with E-state index in [1.807, 2.05) is 26.0 Å². The molecule has 0 radical (unpaired) electrons. The fraction of sp³-hybridized carbons (Fsp3) is 0.406. The number of hydrogen-bond donors (Lipinski definition) is 1. The summed E-state index contributed by atoms with van der Waals surface area (Å²) in [6.07, 6.45) is 1.55. The van der Waals surface area contributed by atoms with Crippen LogP contribution in [0.5, 0.6) is 11.5 Å². The van der Waals surface area contributed by atoms with Crippen molar-refractivity contribution in [3.63, 3.8) is 0 Å². The summed E-state index contributed by atoms with van der Waals surface area (Å²) in [5, 5.41) is 4.27. The fourth-order valence-corrected chi connectivity index (χ4v) is 5.20. The van der Waals surface area contributed by atoms with Gasteiger partial charge >= 0.3 is 6.09 Å². The van der Waals surface area contributed by atoms with E-state index in [2.05, 4.69) is 10.3 Å². The molecule has 0 saturated carbocycles. The maximum atomic E-state index is 16.5. The topological polar surface area (TPSA) is 91.7 Å². The maximum Gasteiger partial charge on any atom is 0.407 e. The third-order valence-electron chi connectivity index (χ3n) is 6.72. The van der Waals surface area contributed by atoms with Crippen LogP contribution < -0.4 is 20.3 Å². The van der Waals surface area contributed by atoms with Gasteiger partial charge in [0.2, 0.25) is 0 Å². The zero-order valence-corrected chi connectivity index (χ0v) is 25.8. The van der Waals surface area contributed by atoms with Gasteiger partial charge in [-0.05, 0) is 69.9 Å². The van der Waals surface area contributed by atoms with Crippen LogP contribution in [0.3, 0.4) is 0 Å². The van der Waals surface area contributed by atoms with Gasteiger partial charge in [-0.2, -0.15) is 0 Å². The first-order valence-corrected chi connectivity index (χ1v) is 14.2. The van der Waals surface area contributed by atoms with E-state index in [0.29, 0.717) is 34.0 Å². The zero-order chi connectivity index (χ0) is 30.8. The number of aromatic nitrogens is 2. The van der Waals surface area contributed by atoms with Gasteiger partial charge in [-0.3, -0.25) is 9.78 Å². The van der Waals surface area contributed by atoms with E-state index in [4.69, 9.17) is 25.8 Å². The highest BCUT2D eigenvalue weighted by Crippen LogP contribution is 2.37.